The molecule has 7 heteroatoms. The molecule has 0 radical (unpaired) electrons. The van der Waals surface area contributed by atoms with Gasteiger partial charge in [-0.15, -0.1) is 0 Å². The van der Waals surface area contributed by atoms with Crippen molar-refractivity contribution in [2.75, 3.05) is 26.2 Å². The highest BCUT2D eigenvalue weighted by atomic mass is 79.9. The highest BCUT2D eigenvalue weighted by molar-refractivity contribution is 9.10. The molecule has 0 aliphatic carbocycles. The van der Waals surface area contributed by atoms with Gasteiger partial charge in [-0.25, -0.2) is 4.98 Å². The van der Waals surface area contributed by atoms with Crippen LogP contribution < -0.4 is 0 Å². The molecule has 0 atom stereocenters. The lowest BCUT2D eigenvalue weighted by Gasteiger charge is -2.35. The van der Waals surface area contributed by atoms with E-state index in [-0.39, 0.29) is 5.91 Å². The number of rotatable bonds is 5. The van der Waals surface area contributed by atoms with E-state index in [0.29, 0.717) is 18.7 Å². The van der Waals surface area contributed by atoms with Gasteiger partial charge >= 0.3 is 0 Å². The van der Waals surface area contributed by atoms with E-state index in [4.69, 9.17) is 5.26 Å². The van der Waals surface area contributed by atoms with Crippen LogP contribution in [-0.4, -0.2) is 51.4 Å². The molecular formula is C27H24BrN5O. The first-order chi connectivity index (χ1) is 16.6. The first kappa shape index (κ1) is 22.3. The maximum absolute atomic E-state index is 13.3. The Bertz CT molecular complexity index is 1360. The minimum Gasteiger partial charge on any atom is -0.336 e. The summed E-state index contributed by atoms with van der Waals surface area (Å²) in [5.74, 6) is 0.0919. The molecule has 0 bridgehead atoms. The number of carbonyl (C=O) groups excluding carboxylic acids is 1. The van der Waals surface area contributed by atoms with E-state index < -0.39 is 0 Å². The molecule has 1 fully saturated rings. The molecule has 4 aromatic rings. The van der Waals surface area contributed by atoms with E-state index >= 15 is 0 Å². The summed E-state index contributed by atoms with van der Waals surface area (Å²) >= 11 is 3.59. The Morgan fingerprint density at radius 2 is 1.68 bits per heavy atom. The number of aromatic nitrogens is 2. The number of hydrogen-bond acceptors (Lipinski definition) is 4. The van der Waals surface area contributed by atoms with Crippen molar-refractivity contribution in [3.8, 4) is 6.07 Å². The van der Waals surface area contributed by atoms with Crippen LogP contribution in [0.15, 0.2) is 77.7 Å². The van der Waals surface area contributed by atoms with Crippen LogP contribution in [0, 0.1) is 11.3 Å². The fourth-order valence-electron chi connectivity index (χ4n) is 4.47. The van der Waals surface area contributed by atoms with Gasteiger partial charge < -0.3 is 9.47 Å². The largest absolute Gasteiger partial charge is 0.336 e. The first-order valence-corrected chi connectivity index (χ1v) is 12.1. The van der Waals surface area contributed by atoms with Crippen LogP contribution >= 0.6 is 15.9 Å². The summed E-state index contributed by atoms with van der Waals surface area (Å²) in [6.07, 6.45) is 3.76. The average Bonchev–Trinajstić information content (AvgIpc) is 3.31. The zero-order chi connectivity index (χ0) is 23.5. The second-order valence-electron chi connectivity index (χ2n) is 8.53. The highest BCUT2D eigenvalue weighted by Crippen LogP contribution is 2.27. The van der Waals surface area contributed by atoms with Crippen molar-refractivity contribution in [3.63, 3.8) is 0 Å². The van der Waals surface area contributed by atoms with Crippen LogP contribution in [0.1, 0.15) is 27.2 Å². The predicted molar refractivity (Wildman–Crippen MR) is 135 cm³/mol. The summed E-state index contributed by atoms with van der Waals surface area (Å²) in [6, 6.07) is 21.7. The minimum atomic E-state index is 0.0919. The van der Waals surface area contributed by atoms with E-state index in [1.54, 1.807) is 0 Å². The van der Waals surface area contributed by atoms with Gasteiger partial charge in [-0.05, 0) is 40.6 Å². The smallest absolute Gasteiger partial charge is 0.254 e. The Balaban J connectivity index is 1.22. The molecule has 1 amide bonds. The Hall–Kier alpha value is -3.47. The second-order valence-corrected chi connectivity index (χ2v) is 9.38. The molecule has 0 N–H and O–H groups in total. The van der Waals surface area contributed by atoms with Crippen molar-refractivity contribution in [3.05, 3.63) is 100 Å². The predicted octanol–water partition coefficient (Wildman–Crippen LogP) is 4.68. The molecule has 5 rings (SSSR count). The number of imidazole rings is 1. The van der Waals surface area contributed by atoms with Gasteiger partial charge in [-0.3, -0.25) is 9.69 Å². The zero-order valence-electron chi connectivity index (χ0n) is 18.7. The van der Waals surface area contributed by atoms with E-state index in [1.807, 2.05) is 78.1 Å². The number of amides is 1. The van der Waals surface area contributed by atoms with Gasteiger partial charge in [0.25, 0.3) is 5.91 Å². The van der Waals surface area contributed by atoms with Gasteiger partial charge in [-0.2, -0.15) is 5.26 Å². The molecule has 170 valence electrons. The summed E-state index contributed by atoms with van der Waals surface area (Å²) in [5, 5.41) is 11.0. The number of nitrogens with zero attached hydrogens (tertiary/aromatic N) is 5. The monoisotopic (exact) mass is 513 g/mol. The van der Waals surface area contributed by atoms with Gasteiger partial charge in [0.15, 0.2) is 0 Å². The summed E-state index contributed by atoms with van der Waals surface area (Å²) in [5.41, 5.74) is 3.70. The Morgan fingerprint density at radius 1 is 0.941 bits per heavy atom. The lowest BCUT2D eigenvalue weighted by atomic mass is 10.0. The van der Waals surface area contributed by atoms with Crippen molar-refractivity contribution >= 4 is 32.6 Å². The Kier molecular flexibility index (Phi) is 6.43. The molecule has 1 aliphatic heterocycles. The zero-order valence-corrected chi connectivity index (χ0v) is 20.3. The first-order valence-electron chi connectivity index (χ1n) is 11.3. The quantitative estimate of drug-likeness (QED) is 0.388. The van der Waals surface area contributed by atoms with Crippen LogP contribution in [0.25, 0.3) is 10.8 Å². The minimum absolute atomic E-state index is 0.0919. The number of fused-ring (bicyclic) bond motifs is 1. The summed E-state index contributed by atoms with van der Waals surface area (Å²) < 4.78 is 3.15. The Labute approximate surface area is 207 Å². The Morgan fingerprint density at radius 3 is 2.44 bits per heavy atom. The molecule has 34 heavy (non-hydrogen) atoms. The number of nitriles is 1. The van der Waals surface area contributed by atoms with Crippen LogP contribution in [0.5, 0.6) is 0 Å². The summed E-state index contributed by atoms with van der Waals surface area (Å²) in [4.78, 5) is 22.0. The molecule has 3 aromatic carbocycles. The van der Waals surface area contributed by atoms with Gasteiger partial charge in [0.2, 0.25) is 0 Å². The van der Waals surface area contributed by atoms with Crippen LogP contribution in [0.2, 0.25) is 0 Å². The van der Waals surface area contributed by atoms with Gasteiger partial charge in [0, 0.05) is 55.5 Å². The van der Waals surface area contributed by atoms with Crippen LogP contribution in [0.4, 0.5) is 0 Å². The molecule has 1 aliphatic rings. The van der Waals surface area contributed by atoms with Crippen molar-refractivity contribution in [1.82, 2.24) is 19.4 Å². The molecule has 1 saturated heterocycles. The molecule has 0 spiro atoms. The standard InChI is InChI=1S/C27H24BrN5O/c28-26-6-2-3-23-24(26)4-1-5-25(23)27(34)32-13-11-31(12-14-32)18-22-16-30-19-33(22)17-21-9-7-20(15-29)8-10-21/h1-10,16,19H,11-14,17-18H2. The van der Waals surface area contributed by atoms with Crippen molar-refractivity contribution in [1.29, 1.82) is 5.26 Å². The van der Waals surface area contributed by atoms with Crippen molar-refractivity contribution < 1.29 is 4.79 Å². The van der Waals surface area contributed by atoms with E-state index in [2.05, 4.69) is 36.5 Å². The van der Waals surface area contributed by atoms with Crippen molar-refractivity contribution in [2.24, 2.45) is 0 Å². The molecule has 2 heterocycles. The van der Waals surface area contributed by atoms with Crippen LogP contribution in [-0.2, 0) is 13.1 Å². The van der Waals surface area contributed by atoms with E-state index in [0.717, 1.165) is 58.2 Å². The third kappa shape index (κ3) is 4.60. The van der Waals surface area contributed by atoms with Gasteiger partial charge in [-0.1, -0.05) is 52.3 Å². The van der Waals surface area contributed by atoms with E-state index in [9.17, 15) is 4.79 Å². The molecule has 6 nitrogen and oxygen atoms in total. The molecular weight excluding hydrogens is 490 g/mol. The number of hydrogen-bond donors (Lipinski definition) is 0. The SMILES string of the molecule is N#Cc1ccc(Cn2cncc2CN2CCN(C(=O)c3cccc4c(Br)cccc34)CC2)cc1. The summed E-state index contributed by atoms with van der Waals surface area (Å²) in [6.45, 7) is 4.56. The molecule has 1 aromatic heterocycles. The molecule has 0 unspecified atom stereocenters. The lowest BCUT2D eigenvalue weighted by Crippen LogP contribution is -2.48. The average molecular weight is 514 g/mol. The van der Waals surface area contributed by atoms with Crippen molar-refractivity contribution in [2.45, 2.75) is 13.1 Å². The maximum atomic E-state index is 13.3. The fourth-order valence-corrected chi connectivity index (χ4v) is 4.97. The highest BCUT2D eigenvalue weighted by Gasteiger charge is 2.24. The van der Waals surface area contributed by atoms with Gasteiger partial charge in [0.1, 0.15) is 0 Å². The third-order valence-corrected chi connectivity index (χ3v) is 7.07. The van der Waals surface area contributed by atoms with Gasteiger partial charge in [0.05, 0.1) is 23.7 Å². The summed E-state index contributed by atoms with van der Waals surface area (Å²) in [7, 11) is 0. The van der Waals surface area contributed by atoms with E-state index in [1.165, 1.54) is 0 Å². The third-order valence-electron chi connectivity index (χ3n) is 6.38. The number of piperazine rings is 1. The fraction of sp³-hybridized carbons (Fsp3) is 0.222. The maximum Gasteiger partial charge on any atom is 0.254 e. The normalized spacial score (nSPS) is 14.3. The second kappa shape index (κ2) is 9.80. The number of carbonyl (C=O) groups is 1. The number of benzene rings is 3. The van der Waals surface area contributed by atoms with Crippen LogP contribution in [0.3, 0.4) is 0 Å². The molecule has 0 saturated carbocycles. The lowest BCUT2D eigenvalue weighted by molar-refractivity contribution is 0.0627. The topological polar surface area (TPSA) is 65.2 Å². The number of halogens is 1.